The SMILES string of the molecule is CC=Cn1c(=O)c2nnc(Nc3ccc(N4CCN(C)CC4)cn3)cc2n1-c1cccc(C(C)(C)O)n1. The van der Waals surface area contributed by atoms with Gasteiger partial charge in [-0.15, -0.1) is 10.2 Å². The van der Waals surface area contributed by atoms with E-state index in [4.69, 9.17) is 0 Å². The highest BCUT2D eigenvalue weighted by Crippen LogP contribution is 2.23. The zero-order valence-corrected chi connectivity index (χ0v) is 21.5. The molecule has 1 saturated heterocycles. The standard InChI is InChI=1S/C26H31N9O2/c1-5-11-34-25(36)24-19(35(34)23-8-6-7-20(28-23)26(2,3)37)16-22(30-31-24)29-21-10-9-18(17-27-21)33-14-12-32(4)13-15-33/h5-11,16-17,37H,12-15H2,1-4H3,(H,27,29,30). The first kappa shape index (κ1) is 24.6. The largest absolute Gasteiger partial charge is 0.384 e. The van der Waals surface area contributed by atoms with Crippen LogP contribution in [0, 0.1) is 0 Å². The average Bonchev–Trinajstić information content (AvgIpc) is 3.15. The Bertz CT molecular complexity index is 1490. The quantitative estimate of drug-likeness (QED) is 0.411. The Kier molecular flexibility index (Phi) is 6.48. The molecule has 4 aromatic heterocycles. The molecule has 1 aliphatic heterocycles. The van der Waals surface area contributed by atoms with E-state index >= 15 is 0 Å². The van der Waals surface area contributed by atoms with Crippen LogP contribution in [0.5, 0.6) is 0 Å². The molecule has 11 heteroatoms. The van der Waals surface area contributed by atoms with Crippen molar-refractivity contribution >= 4 is 34.6 Å². The lowest BCUT2D eigenvalue weighted by Crippen LogP contribution is -2.44. The molecule has 1 aliphatic rings. The fourth-order valence-corrected chi connectivity index (χ4v) is 4.31. The van der Waals surface area contributed by atoms with Crippen molar-refractivity contribution in [3.05, 3.63) is 64.7 Å². The van der Waals surface area contributed by atoms with Crippen molar-refractivity contribution in [3.63, 3.8) is 0 Å². The summed E-state index contributed by atoms with van der Waals surface area (Å²) in [5.41, 5.74) is 0.829. The lowest BCUT2D eigenvalue weighted by Gasteiger charge is -2.33. The summed E-state index contributed by atoms with van der Waals surface area (Å²) in [5, 5.41) is 22.1. The minimum Gasteiger partial charge on any atom is -0.384 e. The molecular weight excluding hydrogens is 470 g/mol. The third-order valence-electron chi connectivity index (χ3n) is 6.37. The monoisotopic (exact) mass is 501 g/mol. The van der Waals surface area contributed by atoms with Crippen molar-refractivity contribution in [1.82, 2.24) is 34.4 Å². The van der Waals surface area contributed by atoms with Gasteiger partial charge in [-0.2, -0.15) is 0 Å². The normalized spacial score (nSPS) is 15.1. The molecule has 5 heterocycles. The van der Waals surface area contributed by atoms with E-state index < -0.39 is 5.60 Å². The van der Waals surface area contributed by atoms with E-state index in [1.165, 1.54) is 4.68 Å². The summed E-state index contributed by atoms with van der Waals surface area (Å²) in [4.78, 5) is 27.0. The molecule has 192 valence electrons. The fourth-order valence-electron chi connectivity index (χ4n) is 4.31. The van der Waals surface area contributed by atoms with Crippen LogP contribution >= 0.6 is 0 Å². The van der Waals surface area contributed by atoms with Crippen molar-refractivity contribution in [2.24, 2.45) is 0 Å². The van der Waals surface area contributed by atoms with E-state index in [-0.39, 0.29) is 11.1 Å². The maximum atomic E-state index is 13.1. The maximum Gasteiger partial charge on any atom is 0.299 e. The van der Waals surface area contributed by atoms with Crippen LogP contribution < -0.4 is 15.8 Å². The Morgan fingerprint density at radius 2 is 1.84 bits per heavy atom. The molecule has 4 aromatic rings. The number of piperazine rings is 1. The molecule has 0 saturated carbocycles. The first-order valence-electron chi connectivity index (χ1n) is 12.3. The van der Waals surface area contributed by atoms with Crippen LogP contribution in [-0.4, -0.2) is 72.8 Å². The molecule has 0 aliphatic carbocycles. The van der Waals surface area contributed by atoms with Gasteiger partial charge >= 0.3 is 0 Å². The predicted molar refractivity (Wildman–Crippen MR) is 144 cm³/mol. The van der Waals surface area contributed by atoms with E-state index in [9.17, 15) is 9.90 Å². The summed E-state index contributed by atoms with van der Waals surface area (Å²) in [6.45, 7) is 9.15. The van der Waals surface area contributed by atoms with Crippen LogP contribution in [-0.2, 0) is 5.60 Å². The number of fused-ring (bicyclic) bond motifs is 1. The van der Waals surface area contributed by atoms with Gasteiger partial charge in [-0.3, -0.25) is 4.79 Å². The number of hydrogen-bond acceptors (Lipinski definition) is 9. The highest BCUT2D eigenvalue weighted by molar-refractivity contribution is 5.79. The first-order chi connectivity index (χ1) is 17.7. The van der Waals surface area contributed by atoms with Crippen molar-refractivity contribution in [2.45, 2.75) is 26.4 Å². The number of likely N-dealkylation sites (N-methyl/N-ethyl adjacent to an activating group) is 1. The molecule has 0 amide bonds. The van der Waals surface area contributed by atoms with Crippen molar-refractivity contribution < 1.29 is 5.11 Å². The molecule has 0 spiro atoms. The molecule has 0 aromatic carbocycles. The number of nitrogens with zero attached hydrogens (tertiary/aromatic N) is 8. The fraction of sp³-hybridized carbons (Fsp3) is 0.346. The minimum absolute atomic E-state index is 0.206. The molecule has 5 rings (SSSR count). The Morgan fingerprint density at radius 1 is 1.05 bits per heavy atom. The summed E-state index contributed by atoms with van der Waals surface area (Å²) >= 11 is 0. The third-order valence-corrected chi connectivity index (χ3v) is 6.37. The van der Waals surface area contributed by atoms with Crippen molar-refractivity contribution in [3.8, 4) is 5.82 Å². The number of aromatic nitrogens is 6. The lowest BCUT2D eigenvalue weighted by molar-refractivity contribution is 0.0738. The molecule has 2 N–H and O–H groups in total. The number of hydrogen-bond donors (Lipinski definition) is 2. The van der Waals surface area contributed by atoms with Gasteiger partial charge in [0.15, 0.2) is 17.2 Å². The van der Waals surface area contributed by atoms with Gasteiger partial charge in [0, 0.05) is 38.4 Å². The number of aliphatic hydroxyl groups is 1. The van der Waals surface area contributed by atoms with Crippen LogP contribution in [0.15, 0.2) is 53.5 Å². The van der Waals surface area contributed by atoms with E-state index in [1.54, 1.807) is 55.1 Å². The maximum absolute atomic E-state index is 13.1. The van der Waals surface area contributed by atoms with E-state index in [0.29, 0.717) is 28.7 Å². The third kappa shape index (κ3) is 4.95. The van der Waals surface area contributed by atoms with E-state index in [0.717, 1.165) is 31.9 Å². The molecule has 0 bridgehead atoms. The van der Waals surface area contributed by atoms with Crippen LogP contribution in [0.2, 0.25) is 0 Å². The number of anilines is 3. The van der Waals surface area contributed by atoms with Crippen LogP contribution in [0.25, 0.3) is 23.1 Å². The lowest BCUT2D eigenvalue weighted by atomic mass is 10.1. The minimum atomic E-state index is -1.14. The van der Waals surface area contributed by atoms with Gasteiger partial charge in [-0.1, -0.05) is 12.1 Å². The Morgan fingerprint density at radius 3 is 2.51 bits per heavy atom. The first-order valence-corrected chi connectivity index (χ1v) is 12.3. The van der Waals surface area contributed by atoms with Gasteiger partial charge < -0.3 is 20.2 Å². The number of nitrogens with one attached hydrogen (secondary N) is 1. The number of rotatable bonds is 6. The molecule has 0 atom stereocenters. The zero-order chi connectivity index (χ0) is 26.2. The molecule has 0 unspecified atom stereocenters. The number of pyridine rings is 2. The van der Waals surface area contributed by atoms with Gasteiger partial charge in [0.2, 0.25) is 0 Å². The summed E-state index contributed by atoms with van der Waals surface area (Å²) in [6.07, 6.45) is 5.26. The highest BCUT2D eigenvalue weighted by Gasteiger charge is 2.21. The van der Waals surface area contributed by atoms with Crippen LogP contribution in [0.1, 0.15) is 26.5 Å². The second kappa shape index (κ2) is 9.75. The van der Waals surface area contributed by atoms with Crippen LogP contribution in [0.4, 0.5) is 17.3 Å². The Labute approximate surface area is 214 Å². The second-order valence-corrected chi connectivity index (χ2v) is 9.66. The number of allylic oxidation sites excluding steroid dienone is 1. The molecule has 0 radical (unpaired) electrons. The van der Waals surface area contributed by atoms with Gasteiger partial charge in [0.1, 0.15) is 16.9 Å². The Balaban J connectivity index is 1.50. The summed E-state index contributed by atoms with van der Waals surface area (Å²) < 4.78 is 3.10. The van der Waals surface area contributed by atoms with Gasteiger partial charge in [0.05, 0.1) is 17.6 Å². The van der Waals surface area contributed by atoms with Gasteiger partial charge in [0.25, 0.3) is 5.56 Å². The Hall–Kier alpha value is -4.09. The molecule has 1 fully saturated rings. The summed E-state index contributed by atoms with van der Waals surface area (Å²) in [7, 11) is 2.13. The van der Waals surface area contributed by atoms with Crippen molar-refractivity contribution in [1.29, 1.82) is 0 Å². The predicted octanol–water partition coefficient (Wildman–Crippen LogP) is 2.59. The zero-order valence-electron chi connectivity index (χ0n) is 21.5. The molecule has 37 heavy (non-hydrogen) atoms. The van der Waals surface area contributed by atoms with Gasteiger partial charge in [-0.05, 0) is 52.1 Å². The van der Waals surface area contributed by atoms with E-state index in [1.807, 2.05) is 25.3 Å². The molecular formula is C26H31N9O2. The topological polar surface area (TPSA) is 117 Å². The van der Waals surface area contributed by atoms with E-state index in [2.05, 4.69) is 42.3 Å². The smallest absolute Gasteiger partial charge is 0.299 e. The van der Waals surface area contributed by atoms with Crippen molar-refractivity contribution in [2.75, 3.05) is 43.4 Å². The second-order valence-electron chi connectivity index (χ2n) is 9.66. The summed E-state index contributed by atoms with van der Waals surface area (Å²) in [5.74, 6) is 1.53. The average molecular weight is 502 g/mol. The highest BCUT2D eigenvalue weighted by atomic mass is 16.3. The molecule has 11 nitrogen and oxygen atoms in total. The van der Waals surface area contributed by atoms with Gasteiger partial charge in [-0.25, -0.2) is 19.3 Å². The van der Waals surface area contributed by atoms with Crippen LogP contribution in [0.3, 0.4) is 0 Å². The summed E-state index contributed by atoms with van der Waals surface area (Å²) in [6, 6.07) is 11.0.